The van der Waals surface area contributed by atoms with Crippen molar-refractivity contribution in [3.05, 3.63) is 0 Å². The Morgan fingerprint density at radius 1 is 0.714 bits per heavy atom. The number of hydrogen-bond acceptors (Lipinski definition) is 4. The summed E-state index contributed by atoms with van der Waals surface area (Å²) in [6, 6.07) is 0. The van der Waals surface area contributed by atoms with E-state index >= 15 is 0 Å². The smallest absolute Gasteiger partial charge is 0.368 e. The molecule has 0 aliphatic rings. The van der Waals surface area contributed by atoms with Crippen LogP contribution in [0.5, 0.6) is 0 Å². The second-order valence-electron chi connectivity index (χ2n) is 0.600. The SMILES string of the molecule is Cl.Cl.O[Si](O)(O)O. The predicted octanol–water partition coefficient (Wildman–Crippen LogP) is -1.77. The van der Waals surface area contributed by atoms with Crippen LogP contribution >= 0.6 is 24.8 Å². The fourth-order valence-electron chi connectivity index (χ4n) is 0. The van der Waals surface area contributed by atoms with E-state index in [2.05, 4.69) is 0 Å². The van der Waals surface area contributed by atoms with Crippen molar-refractivity contribution in [1.29, 1.82) is 0 Å². The summed E-state index contributed by atoms with van der Waals surface area (Å²) >= 11 is 0. The maximum absolute atomic E-state index is 7.33. The number of halogens is 2. The first kappa shape index (κ1) is 15.6. The van der Waals surface area contributed by atoms with Crippen molar-refractivity contribution in [2.45, 2.75) is 0 Å². The molecule has 0 rings (SSSR count). The summed E-state index contributed by atoms with van der Waals surface area (Å²) in [5.41, 5.74) is 0. The molecule has 0 aromatic heterocycles. The number of hydrogen-bond donors (Lipinski definition) is 4. The average Bonchev–Trinajstić information content (AvgIpc) is 0.722. The lowest BCUT2D eigenvalue weighted by molar-refractivity contribution is 0.117. The van der Waals surface area contributed by atoms with Crippen molar-refractivity contribution in [2.24, 2.45) is 0 Å². The molecule has 0 bridgehead atoms. The van der Waals surface area contributed by atoms with Crippen molar-refractivity contribution in [3.8, 4) is 0 Å². The van der Waals surface area contributed by atoms with Crippen molar-refractivity contribution < 1.29 is 19.2 Å². The fourth-order valence-corrected chi connectivity index (χ4v) is 0. The van der Waals surface area contributed by atoms with Gasteiger partial charge in [0.05, 0.1) is 0 Å². The summed E-state index contributed by atoms with van der Waals surface area (Å²) < 4.78 is 0. The van der Waals surface area contributed by atoms with Gasteiger partial charge in [0.2, 0.25) is 0 Å². The van der Waals surface area contributed by atoms with Crippen LogP contribution < -0.4 is 0 Å². The first-order valence-corrected chi connectivity index (χ1v) is 2.68. The highest BCUT2D eigenvalue weighted by atomic mass is 35.5. The Balaban J connectivity index is -0.0000000800. The molecule has 0 unspecified atom stereocenters. The lowest BCUT2D eigenvalue weighted by Crippen LogP contribution is -2.33. The van der Waals surface area contributed by atoms with Crippen molar-refractivity contribution >= 4 is 33.9 Å². The molecule has 0 saturated heterocycles. The molecular formula is H6Cl2O4Si. The maximum Gasteiger partial charge on any atom is 0.668 e. The summed E-state index contributed by atoms with van der Waals surface area (Å²) in [5.74, 6) is 0. The van der Waals surface area contributed by atoms with E-state index in [-0.39, 0.29) is 24.8 Å². The van der Waals surface area contributed by atoms with E-state index in [1.54, 1.807) is 0 Å². The van der Waals surface area contributed by atoms with Crippen molar-refractivity contribution in [2.75, 3.05) is 0 Å². The van der Waals surface area contributed by atoms with E-state index in [9.17, 15) is 0 Å². The molecule has 0 aromatic rings. The fraction of sp³-hybridized carbons (Fsp3) is 0. The molecule has 48 valence electrons. The molecule has 0 spiro atoms. The van der Waals surface area contributed by atoms with Crippen LogP contribution in [0.25, 0.3) is 0 Å². The second kappa shape index (κ2) is 4.79. The molecule has 4 nitrogen and oxygen atoms in total. The molecule has 0 atom stereocenters. The Hall–Kier alpha value is 0.637. The van der Waals surface area contributed by atoms with Gasteiger partial charge in [0, 0.05) is 0 Å². The molecule has 0 aromatic carbocycles. The van der Waals surface area contributed by atoms with E-state index in [1.165, 1.54) is 0 Å². The Bertz CT molecular complexity index is 25.2. The van der Waals surface area contributed by atoms with Crippen LogP contribution in [-0.4, -0.2) is 28.2 Å². The van der Waals surface area contributed by atoms with Crippen LogP contribution in [0, 0.1) is 0 Å². The van der Waals surface area contributed by atoms with Gasteiger partial charge in [0.25, 0.3) is 0 Å². The predicted molar refractivity (Wildman–Crippen MR) is 29.1 cm³/mol. The van der Waals surface area contributed by atoms with Gasteiger partial charge >= 0.3 is 9.05 Å². The molecule has 0 fully saturated rings. The van der Waals surface area contributed by atoms with Gasteiger partial charge < -0.3 is 19.2 Å². The number of rotatable bonds is 0. The molecule has 0 saturated carbocycles. The quantitative estimate of drug-likeness (QED) is 0.323. The van der Waals surface area contributed by atoms with Gasteiger partial charge in [-0.3, -0.25) is 0 Å². The van der Waals surface area contributed by atoms with Gasteiger partial charge in [0.1, 0.15) is 0 Å². The molecule has 0 radical (unpaired) electrons. The summed E-state index contributed by atoms with van der Waals surface area (Å²) in [5, 5.41) is 0. The van der Waals surface area contributed by atoms with Crippen LogP contribution in [0.2, 0.25) is 0 Å². The largest absolute Gasteiger partial charge is 0.668 e. The minimum absolute atomic E-state index is 0. The average molecular weight is 169 g/mol. The van der Waals surface area contributed by atoms with Gasteiger partial charge in [-0.15, -0.1) is 24.8 Å². The summed E-state index contributed by atoms with van der Waals surface area (Å²) in [4.78, 5) is 29.3. The van der Waals surface area contributed by atoms with E-state index < -0.39 is 9.05 Å². The highest BCUT2D eigenvalue weighted by Crippen LogP contribution is 1.67. The molecular weight excluding hydrogens is 163 g/mol. The van der Waals surface area contributed by atoms with Gasteiger partial charge in [-0.2, -0.15) is 0 Å². The highest BCUT2D eigenvalue weighted by Gasteiger charge is 2.22. The van der Waals surface area contributed by atoms with E-state index in [4.69, 9.17) is 19.2 Å². The van der Waals surface area contributed by atoms with E-state index in [0.29, 0.717) is 0 Å². The zero-order valence-corrected chi connectivity index (χ0v) is 5.74. The third-order valence-electron chi connectivity index (χ3n) is 0. The summed E-state index contributed by atoms with van der Waals surface area (Å²) in [6.07, 6.45) is 0. The summed E-state index contributed by atoms with van der Waals surface area (Å²) in [6.45, 7) is 0. The minimum Gasteiger partial charge on any atom is -0.368 e. The normalized spacial score (nSPS) is 8.57. The molecule has 7 heavy (non-hydrogen) atoms. The zero-order chi connectivity index (χ0) is 4.50. The van der Waals surface area contributed by atoms with Gasteiger partial charge in [0.15, 0.2) is 0 Å². The topological polar surface area (TPSA) is 80.9 Å². The Morgan fingerprint density at radius 2 is 0.714 bits per heavy atom. The van der Waals surface area contributed by atoms with Crippen LogP contribution in [-0.2, 0) is 0 Å². The monoisotopic (exact) mass is 168 g/mol. The van der Waals surface area contributed by atoms with E-state index in [0.717, 1.165) is 0 Å². The van der Waals surface area contributed by atoms with Crippen LogP contribution in [0.4, 0.5) is 0 Å². The van der Waals surface area contributed by atoms with Crippen molar-refractivity contribution in [3.63, 3.8) is 0 Å². The Kier molecular flexibility index (Phi) is 10.7. The first-order valence-electron chi connectivity index (χ1n) is 0.894. The van der Waals surface area contributed by atoms with Crippen LogP contribution in [0.1, 0.15) is 0 Å². The zero-order valence-electron chi connectivity index (χ0n) is 3.11. The molecule has 4 N–H and O–H groups in total. The van der Waals surface area contributed by atoms with Crippen LogP contribution in [0.3, 0.4) is 0 Å². The third-order valence-corrected chi connectivity index (χ3v) is 0. The highest BCUT2D eigenvalue weighted by molar-refractivity contribution is 6.46. The Labute approximate surface area is 53.7 Å². The minimum atomic E-state index is -4.61. The standard InChI is InChI=1S/2ClH.H4O4Si/c;;1-5(2,3)4/h2*1H;1-4H. The van der Waals surface area contributed by atoms with Gasteiger partial charge in [-0.05, 0) is 0 Å². The maximum atomic E-state index is 7.33. The van der Waals surface area contributed by atoms with Gasteiger partial charge in [-0.25, -0.2) is 0 Å². The lowest BCUT2D eigenvalue weighted by Gasteiger charge is -1.91. The third kappa shape index (κ3) is 352. The molecule has 0 amide bonds. The molecule has 0 aliphatic heterocycles. The second-order valence-corrected chi connectivity index (χ2v) is 1.80. The first-order chi connectivity index (χ1) is 2.00. The van der Waals surface area contributed by atoms with Crippen LogP contribution in [0.15, 0.2) is 0 Å². The lowest BCUT2D eigenvalue weighted by atomic mass is 15.7. The molecule has 0 aliphatic carbocycles. The Morgan fingerprint density at radius 3 is 0.714 bits per heavy atom. The molecule has 7 heteroatoms. The van der Waals surface area contributed by atoms with Crippen molar-refractivity contribution in [1.82, 2.24) is 0 Å². The van der Waals surface area contributed by atoms with Gasteiger partial charge in [-0.1, -0.05) is 0 Å². The summed E-state index contributed by atoms with van der Waals surface area (Å²) in [7, 11) is -4.61. The van der Waals surface area contributed by atoms with E-state index in [1.807, 2.05) is 0 Å². The molecule has 0 heterocycles.